The van der Waals surface area contributed by atoms with Crippen LogP contribution in [0.2, 0.25) is 0 Å². The van der Waals surface area contributed by atoms with Crippen molar-refractivity contribution in [3.05, 3.63) is 77.9 Å². The maximum atomic E-state index is 13.1. The molecule has 1 N–H and O–H groups in total. The summed E-state index contributed by atoms with van der Waals surface area (Å²) in [6.45, 7) is 2.51. The van der Waals surface area contributed by atoms with Crippen molar-refractivity contribution >= 4 is 34.5 Å². The second-order valence-corrected chi connectivity index (χ2v) is 8.92. The van der Waals surface area contributed by atoms with E-state index in [1.54, 1.807) is 18.5 Å². The van der Waals surface area contributed by atoms with E-state index in [0.29, 0.717) is 28.8 Å². The molecule has 4 aromatic rings. The summed E-state index contributed by atoms with van der Waals surface area (Å²) in [5.74, 6) is 1.63. The van der Waals surface area contributed by atoms with Gasteiger partial charge in [-0.3, -0.25) is 4.79 Å². The lowest BCUT2D eigenvalue weighted by molar-refractivity contribution is 0.0924. The molecule has 0 atom stereocenters. The van der Waals surface area contributed by atoms with Gasteiger partial charge in [0.15, 0.2) is 10.9 Å². The fourth-order valence-corrected chi connectivity index (χ4v) is 4.85. The molecule has 5 rings (SSSR count). The van der Waals surface area contributed by atoms with Crippen LogP contribution in [0.15, 0.2) is 70.6 Å². The van der Waals surface area contributed by atoms with Crippen molar-refractivity contribution in [2.24, 2.45) is 0 Å². The monoisotopic (exact) mass is 459 g/mol. The number of anilines is 1. The molecule has 0 radical (unpaired) electrons. The Morgan fingerprint density at radius 1 is 1.00 bits per heavy atom. The van der Waals surface area contributed by atoms with Crippen LogP contribution < -0.4 is 10.2 Å². The van der Waals surface area contributed by atoms with Gasteiger partial charge in [0.1, 0.15) is 11.4 Å². The summed E-state index contributed by atoms with van der Waals surface area (Å²) >= 11 is 1.48. The summed E-state index contributed by atoms with van der Waals surface area (Å²) in [7, 11) is 0. The van der Waals surface area contributed by atoms with Gasteiger partial charge in [0, 0.05) is 54.9 Å². The summed E-state index contributed by atoms with van der Waals surface area (Å²) in [6.07, 6.45) is 8.98. The van der Waals surface area contributed by atoms with Gasteiger partial charge in [-0.25, -0.2) is 15.0 Å². The molecule has 1 amide bonds. The van der Waals surface area contributed by atoms with Crippen LogP contribution >= 0.6 is 11.8 Å². The molecule has 168 valence electrons. The molecule has 0 unspecified atom stereocenters. The van der Waals surface area contributed by atoms with E-state index in [4.69, 9.17) is 4.42 Å². The van der Waals surface area contributed by atoms with Gasteiger partial charge in [-0.2, -0.15) is 0 Å². The minimum absolute atomic E-state index is 0.240. The number of carbonyl (C=O) groups is 1. The van der Waals surface area contributed by atoms with Crippen molar-refractivity contribution in [2.75, 3.05) is 18.0 Å². The number of piperidine rings is 1. The van der Waals surface area contributed by atoms with Gasteiger partial charge < -0.3 is 14.6 Å². The lowest BCUT2D eigenvalue weighted by Gasteiger charge is -2.27. The fraction of sp³-hybridized carbons (Fsp3) is 0.280. The highest BCUT2D eigenvalue weighted by atomic mass is 32.2. The standard InChI is InChI=1S/C25H25N5O2S/c31-24(29-16-18-9-10-22(28-15-18)30-13-4-1-5-14-30)23-20(17-33-25-26-11-6-12-27-25)19-7-2-3-8-21(19)32-23/h2-3,6-12,15H,1,4-5,13-14,16-17H2,(H,29,31). The Labute approximate surface area is 196 Å². The Bertz CT molecular complexity index is 1220. The van der Waals surface area contributed by atoms with Crippen LogP contribution in [-0.2, 0) is 12.3 Å². The third kappa shape index (κ3) is 5.01. The molecule has 0 saturated carbocycles. The van der Waals surface area contributed by atoms with Crippen LogP contribution in [0.4, 0.5) is 5.82 Å². The third-order valence-electron chi connectivity index (χ3n) is 5.73. The number of benzene rings is 1. The number of thioether (sulfide) groups is 1. The van der Waals surface area contributed by atoms with Crippen molar-refractivity contribution in [1.29, 1.82) is 0 Å². The number of nitrogens with one attached hydrogen (secondary N) is 1. The number of hydrogen-bond acceptors (Lipinski definition) is 7. The molecule has 0 aliphatic carbocycles. The van der Waals surface area contributed by atoms with Gasteiger partial charge in [0.05, 0.1) is 0 Å². The first-order valence-electron chi connectivity index (χ1n) is 11.2. The SMILES string of the molecule is O=C(NCc1ccc(N2CCCCC2)nc1)c1oc2ccccc2c1CSc1ncccn1. The number of aromatic nitrogens is 3. The van der Waals surface area contributed by atoms with Crippen LogP contribution in [0, 0.1) is 0 Å². The van der Waals surface area contributed by atoms with Crippen LogP contribution in [0.5, 0.6) is 0 Å². The number of hydrogen-bond donors (Lipinski definition) is 1. The van der Waals surface area contributed by atoms with Crippen LogP contribution in [0.3, 0.4) is 0 Å². The highest BCUT2D eigenvalue weighted by molar-refractivity contribution is 7.98. The summed E-state index contributed by atoms with van der Waals surface area (Å²) in [4.78, 5) is 28.5. The normalized spacial score (nSPS) is 13.9. The molecule has 1 aliphatic rings. The lowest BCUT2D eigenvalue weighted by Crippen LogP contribution is -2.30. The van der Waals surface area contributed by atoms with Crippen molar-refractivity contribution in [3.8, 4) is 0 Å². The molecule has 3 aromatic heterocycles. The zero-order valence-corrected chi connectivity index (χ0v) is 19.1. The summed E-state index contributed by atoms with van der Waals surface area (Å²) < 4.78 is 5.95. The van der Waals surface area contributed by atoms with E-state index in [1.165, 1.54) is 31.0 Å². The molecule has 7 nitrogen and oxygen atoms in total. The Kier molecular flexibility index (Phi) is 6.53. The van der Waals surface area contributed by atoms with E-state index in [1.807, 2.05) is 42.6 Å². The number of carbonyl (C=O) groups excluding carboxylic acids is 1. The van der Waals surface area contributed by atoms with E-state index in [-0.39, 0.29) is 5.91 Å². The molecule has 1 fully saturated rings. The molecule has 1 aromatic carbocycles. The summed E-state index contributed by atoms with van der Waals surface area (Å²) in [5, 5.41) is 4.58. The lowest BCUT2D eigenvalue weighted by atomic mass is 10.1. The quantitative estimate of drug-likeness (QED) is 0.313. The minimum Gasteiger partial charge on any atom is -0.451 e. The number of nitrogens with zero attached hydrogens (tertiary/aromatic N) is 4. The first-order valence-corrected chi connectivity index (χ1v) is 12.1. The summed E-state index contributed by atoms with van der Waals surface area (Å²) in [6, 6.07) is 13.5. The number of para-hydroxylation sites is 1. The van der Waals surface area contributed by atoms with Gasteiger partial charge >= 0.3 is 0 Å². The average Bonchev–Trinajstić information content (AvgIpc) is 3.26. The van der Waals surface area contributed by atoms with Gasteiger partial charge in [0.25, 0.3) is 5.91 Å². The first-order chi connectivity index (χ1) is 16.3. The zero-order valence-electron chi connectivity index (χ0n) is 18.2. The third-order valence-corrected chi connectivity index (χ3v) is 6.64. The first kappa shape index (κ1) is 21.5. The predicted octanol–water partition coefficient (Wildman–Crippen LogP) is 4.83. The van der Waals surface area contributed by atoms with Crippen molar-refractivity contribution in [2.45, 2.75) is 36.7 Å². The smallest absolute Gasteiger partial charge is 0.287 e. The highest BCUT2D eigenvalue weighted by Gasteiger charge is 2.21. The second kappa shape index (κ2) is 10.0. The topological polar surface area (TPSA) is 84.2 Å². The Balaban J connectivity index is 1.29. The molecule has 33 heavy (non-hydrogen) atoms. The van der Waals surface area contributed by atoms with E-state index in [2.05, 4.69) is 25.2 Å². The van der Waals surface area contributed by atoms with E-state index < -0.39 is 0 Å². The van der Waals surface area contributed by atoms with Gasteiger partial charge in [-0.1, -0.05) is 36.0 Å². The maximum Gasteiger partial charge on any atom is 0.287 e. The van der Waals surface area contributed by atoms with Crippen molar-refractivity contribution < 1.29 is 9.21 Å². The maximum absolute atomic E-state index is 13.1. The predicted molar refractivity (Wildman–Crippen MR) is 129 cm³/mol. The highest BCUT2D eigenvalue weighted by Crippen LogP contribution is 2.31. The Morgan fingerprint density at radius 2 is 1.82 bits per heavy atom. The van der Waals surface area contributed by atoms with Crippen LogP contribution in [0.25, 0.3) is 11.0 Å². The molecule has 0 bridgehead atoms. The number of pyridine rings is 1. The second-order valence-electron chi connectivity index (χ2n) is 7.98. The van der Waals surface area contributed by atoms with E-state index in [0.717, 1.165) is 35.4 Å². The fourth-order valence-electron chi connectivity index (χ4n) is 4.02. The molecule has 0 spiro atoms. The Hall–Kier alpha value is -3.39. The number of fused-ring (bicyclic) bond motifs is 1. The van der Waals surface area contributed by atoms with Gasteiger partial charge in [0.2, 0.25) is 0 Å². The zero-order chi connectivity index (χ0) is 22.5. The number of amides is 1. The Morgan fingerprint density at radius 3 is 2.61 bits per heavy atom. The average molecular weight is 460 g/mol. The molecule has 8 heteroatoms. The van der Waals surface area contributed by atoms with E-state index in [9.17, 15) is 4.79 Å². The van der Waals surface area contributed by atoms with Gasteiger partial charge in [-0.15, -0.1) is 0 Å². The minimum atomic E-state index is -0.240. The molecule has 1 saturated heterocycles. The van der Waals surface area contributed by atoms with Crippen molar-refractivity contribution in [1.82, 2.24) is 20.3 Å². The number of rotatable bonds is 7. The summed E-state index contributed by atoms with van der Waals surface area (Å²) in [5.41, 5.74) is 2.49. The van der Waals surface area contributed by atoms with Crippen LogP contribution in [0.1, 0.15) is 40.9 Å². The molecule has 1 aliphatic heterocycles. The molecular weight excluding hydrogens is 434 g/mol. The molecular formula is C25H25N5O2S. The van der Waals surface area contributed by atoms with Crippen molar-refractivity contribution in [3.63, 3.8) is 0 Å². The van der Waals surface area contributed by atoms with Gasteiger partial charge in [-0.05, 0) is 43.0 Å². The van der Waals surface area contributed by atoms with Crippen LogP contribution in [-0.4, -0.2) is 33.9 Å². The number of furan rings is 1. The van der Waals surface area contributed by atoms with E-state index >= 15 is 0 Å². The molecule has 4 heterocycles. The largest absolute Gasteiger partial charge is 0.451 e.